The molecule has 0 N–H and O–H groups in total. The quantitative estimate of drug-likeness (QED) is 0.607. The van der Waals surface area contributed by atoms with E-state index in [1.807, 2.05) is 0 Å². The molecular formula is C13H16O. The largest absolute Gasteiger partial charge is 0.373 e. The molecule has 0 unspecified atom stereocenters. The Bertz CT molecular complexity index is 332. The molecule has 14 heavy (non-hydrogen) atoms. The highest BCUT2D eigenvalue weighted by molar-refractivity contribution is 5.32. The zero-order chi connectivity index (χ0) is 9.38. The van der Waals surface area contributed by atoms with Crippen LogP contribution < -0.4 is 0 Å². The van der Waals surface area contributed by atoms with Crippen LogP contribution in [-0.4, -0.2) is 6.10 Å². The summed E-state index contributed by atoms with van der Waals surface area (Å²) in [7, 11) is 0. The molecule has 0 radical (unpaired) electrons. The molecule has 1 fully saturated rings. The second kappa shape index (κ2) is 3.39. The van der Waals surface area contributed by atoms with Gasteiger partial charge in [0.05, 0.1) is 12.7 Å². The van der Waals surface area contributed by atoms with Gasteiger partial charge in [0.2, 0.25) is 0 Å². The molecule has 1 aliphatic carbocycles. The Morgan fingerprint density at radius 2 is 1.93 bits per heavy atom. The van der Waals surface area contributed by atoms with Crippen molar-refractivity contribution < 1.29 is 4.74 Å². The minimum Gasteiger partial charge on any atom is -0.373 e. The third kappa shape index (κ3) is 1.27. The maximum absolute atomic E-state index is 5.91. The topological polar surface area (TPSA) is 9.23 Å². The molecule has 74 valence electrons. The lowest BCUT2D eigenvalue weighted by molar-refractivity contribution is -0.0118. The van der Waals surface area contributed by atoms with Gasteiger partial charge in [0.25, 0.3) is 0 Å². The van der Waals surface area contributed by atoms with E-state index in [0.29, 0.717) is 12.0 Å². The molecule has 0 saturated heterocycles. The van der Waals surface area contributed by atoms with Crippen molar-refractivity contribution in [2.24, 2.45) is 0 Å². The Morgan fingerprint density at radius 3 is 2.93 bits per heavy atom. The van der Waals surface area contributed by atoms with Crippen molar-refractivity contribution in [1.29, 1.82) is 0 Å². The third-order valence-electron chi connectivity index (χ3n) is 3.61. The van der Waals surface area contributed by atoms with Gasteiger partial charge < -0.3 is 4.74 Å². The van der Waals surface area contributed by atoms with Crippen molar-refractivity contribution in [1.82, 2.24) is 0 Å². The second-order valence-corrected chi connectivity index (χ2v) is 4.44. The molecular weight excluding hydrogens is 172 g/mol. The summed E-state index contributed by atoms with van der Waals surface area (Å²) >= 11 is 0. The number of rotatable bonds is 0. The van der Waals surface area contributed by atoms with Crippen molar-refractivity contribution in [2.75, 3.05) is 0 Å². The van der Waals surface area contributed by atoms with Gasteiger partial charge in [0, 0.05) is 5.92 Å². The highest BCUT2D eigenvalue weighted by atomic mass is 16.5. The summed E-state index contributed by atoms with van der Waals surface area (Å²) in [5.74, 6) is 0.689. The first-order chi connectivity index (χ1) is 6.95. The van der Waals surface area contributed by atoms with Crippen LogP contribution in [0.2, 0.25) is 0 Å². The summed E-state index contributed by atoms with van der Waals surface area (Å²) < 4.78 is 5.91. The first-order valence-electron chi connectivity index (χ1n) is 5.64. The molecule has 0 amide bonds. The average molecular weight is 188 g/mol. The van der Waals surface area contributed by atoms with Crippen molar-refractivity contribution in [3.63, 3.8) is 0 Å². The maximum Gasteiger partial charge on any atom is 0.0723 e. The minimum atomic E-state index is 0.513. The SMILES string of the molecule is c1ccc2c(c1)CO[C@@H]1CCCC[C@@H]21. The molecule has 2 atom stereocenters. The van der Waals surface area contributed by atoms with Crippen LogP contribution in [0.4, 0.5) is 0 Å². The fourth-order valence-electron chi connectivity index (χ4n) is 2.88. The van der Waals surface area contributed by atoms with Gasteiger partial charge in [0.1, 0.15) is 0 Å². The van der Waals surface area contributed by atoms with Crippen LogP contribution in [0.25, 0.3) is 0 Å². The Labute approximate surface area is 85.1 Å². The minimum absolute atomic E-state index is 0.513. The summed E-state index contributed by atoms with van der Waals surface area (Å²) in [6.07, 6.45) is 5.82. The van der Waals surface area contributed by atoms with Gasteiger partial charge in [-0.15, -0.1) is 0 Å². The first kappa shape index (κ1) is 8.49. The first-order valence-corrected chi connectivity index (χ1v) is 5.64. The molecule has 0 bridgehead atoms. The zero-order valence-corrected chi connectivity index (χ0v) is 8.41. The highest BCUT2D eigenvalue weighted by Crippen LogP contribution is 2.40. The number of hydrogen-bond acceptors (Lipinski definition) is 1. The lowest BCUT2D eigenvalue weighted by Crippen LogP contribution is -2.30. The second-order valence-electron chi connectivity index (χ2n) is 4.44. The molecule has 0 spiro atoms. The van der Waals surface area contributed by atoms with E-state index in [1.165, 1.54) is 31.2 Å². The van der Waals surface area contributed by atoms with Gasteiger partial charge in [-0.25, -0.2) is 0 Å². The molecule has 1 saturated carbocycles. The fourth-order valence-corrected chi connectivity index (χ4v) is 2.88. The van der Waals surface area contributed by atoms with Gasteiger partial charge in [-0.3, -0.25) is 0 Å². The highest BCUT2D eigenvalue weighted by Gasteiger charge is 2.31. The molecule has 1 heteroatoms. The van der Waals surface area contributed by atoms with E-state index >= 15 is 0 Å². The number of fused-ring (bicyclic) bond motifs is 3. The van der Waals surface area contributed by atoms with Crippen LogP contribution in [0.15, 0.2) is 24.3 Å². The zero-order valence-electron chi connectivity index (χ0n) is 8.41. The van der Waals surface area contributed by atoms with Crippen molar-refractivity contribution >= 4 is 0 Å². The summed E-state index contributed by atoms with van der Waals surface area (Å²) in [5.41, 5.74) is 2.97. The summed E-state index contributed by atoms with van der Waals surface area (Å²) in [6, 6.07) is 8.78. The average Bonchev–Trinajstić information content (AvgIpc) is 2.29. The van der Waals surface area contributed by atoms with Crippen LogP contribution in [0.3, 0.4) is 0 Å². The van der Waals surface area contributed by atoms with Gasteiger partial charge >= 0.3 is 0 Å². The van der Waals surface area contributed by atoms with Gasteiger partial charge in [0.15, 0.2) is 0 Å². The normalized spacial score (nSPS) is 30.6. The molecule has 2 aliphatic rings. The Hall–Kier alpha value is -0.820. The fraction of sp³-hybridized carbons (Fsp3) is 0.538. The van der Waals surface area contributed by atoms with E-state index in [2.05, 4.69) is 24.3 Å². The molecule has 3 rings (SSSR count). The lowest BCUT2D eigenvalue weighted by Gasteiger charge is -2.37. The molecule has 1 aromatic carbocycles. The standard InChI is InChI=1S/C13H16O/c1-2-6-11-10(5-1)9-14-13-8-4-3-7-12(11)13/h1-2,5-6,12-13H,3-4,7-9H2/t12-,13+/m0/s1. The predicted molar refractivity (Wildman–Crippen MR) is 56.2 cm³/mol. The monoisotopic (exact) mass is 188 g/mol. The Kier molecular flexibility index (Phi) is 2.06. The van der Waals surface area contributed by atoms with Crippen molar-refractivity contribution in [3.05, 3.63) is 35.4 Å². The third-order valence-corrected chi connectivity index (χ3v) is 3.61. The molecule has 1 heterocycles. The van der Waals surface area contributed by atoms with E-state index in [9.17, 15) is 0 Å². The van der Waals surface area contributed by atoms with E-state index in [-0.39, 0.29) is 0 Å². The van der Waals surface area contributed by atoms with Gasteiger partial charge in [-0.2, -0.15) is 0 Å². The molecule has 0 aromatic heterocycles. The Balaban J connectivity index is 1.99. The number of benzene rings is 1. The summed E-state index contributed by atoms with van der Waals surface area (Å²) in [6.45, 7) is 0.831. The number of hydrogen-bond donors (Lipinski definition) is 0. The van der Waals surface area contributed by atoms with Gasteiger partial charge in [-0.1, -0.05) is 37.1 Å². The Morgan fingerprint density at radius 1 is 1.07 bits per heavy atom. The van der Waals surface area contributed by atoms with Gasteiger partial charge in [-0.05, 0) is 24.0 Å². The van der Waals surface area contributed by atoms with E-state index in [0.717, 1.165) is 6.61 Å². The van der Waals surface area contributed by atoms with Crippen LogP contribution in [0.5, 0.6) is 0 Å². The van der Waals surface area contributed by atoms with Crippen LogP contribution >= 0.6 is 0 Å². The number of ether oxygens (including phenoxy) is 1. The summed E-state index contributed by atoms with van der Waals surface area (Å²) in [5, 5.41) is 0. The smallest absolute Gasteiger partial charge is 0.0723 e. The predicted octanol–water partition coefficient (Wildman–Crippen LogP) is 3.24. The van der Waals surface area contributed by atoms with E-state index in [1.54, 1.807) is 5.56 Å². The van der Waals surface area contributed by atoms with Crippen LogP contribution in [0, 0.1) is 0 Å². The van der Waals surface area contributed by atoms with Crippen molar-refractivity contribution in [2.45, 2.75) is 44.3 Å². The summed E-state index contributed by atoms with van der Waals surface area (Å²) in [4.78, 5) is 0. The lowest BCUT2D eigenvalue weighted by atomic mass is 9.78. The van der Waals surface area contributed by atoms with E-state index < -0.39 is 0 Å². The molecule has 1 nitrogen and oxygen atoms in total. The maximum atomic E-state index is 5.91. The molecule has 1 aliphatic heterocycles. The van der Waals surface area contributed by atoms with E-state index in [4.69, 9.17) is 4.74 Å². The van der Waals surface area contributed by atoms with Crippen LogP contribution in [0.1, 0.15) is 42.7 Å². The van der Waals surface area contributed by atoms with Crippen LogP contribution in [-0.2, 0) is 11.3 Å². The molecule has 1 aromatic rings. The van der Waals surface area contributed by atoms with Crippen molar-refractivity contribution in [3.8, 4) is 0 Å².